The summed E-state index contributed by atoms with van der Waals surface area (Å²) in [4.78, 5) is 0. The van der Waals surface area contributed by atoms with Crippen molar-refractivity contribution in [2.75, 3.05) is 38.7 Å². The molecule has 0 heterocycles. The van der Waals surface area contributed by atoms with Crippen LogP contribution in [0.5, 0.6) is 0 Å². The third-order valence-electron chi connectivity index (χ3n) is 3.21. The third kappa shape index (κ3) is 4.65. The zero-order valence-electron chi connectivity index (χ0n) is 11.4. The van der Waals surface area contributed by atoms with Crippen LogP contribution in [0.3, 0.4) is 0 Å². The molecular formula is C14H26N3+. The van der Waals surface area contributed by atoms with Crippen molar-refractivity contribution in [2.45, 2.75) is 26.2 Å². The lowest BCUT2D eigenvalue weighted by atomic mass is 10.1. The molecule has 0 saturated heterocycles. The molecule has 1 rings (SSSR count). The molecule has 0 aliphatic rings. The lowest BCUT2D eigenvalue weighted by Gasteiger charge is -2.29. The summed E-state index contributed by atoms with van der Waals surface area (Å²) in [6.07, 6.45) is 3.40. The monoisotopic (exact) mass is 236 g/mol. The van der Waals surface area contributed by atoms with E-state index < -0.39 is 0 Å². The van der Waals surface area contributed by atoms with Crippen LogP contribution >= 0.6 is 0 Å². The number of benzene rings is 1. The fourth-order valence-corrected chi connectivity index (χ4v) is 2.26. The second-order valence-electron chi connectivity index (χ2n) is 5.44. The summed E-state index contributed by atoms with van der Waals surface area (Å²) in [5, 5.41) is 0. The normalized spacial score (nSPS) is 11.7. The van der Waals surface area contributed by atoms with Gasteiger partial charge in [-0.25, -0.2) is 0 Å². The number of nitrogen functional groups attached to an aromatic ring is 2. The van der Waals surface area contributed by atoms with Crippen LogP contribution in [0.1, 0.15) is 25.3 Å². The van der Waals surface area contributed by atoms with Crippen LogP contribution in [0.25, 0.3) is 0 Å². The topological polar surface area (TPSA) is 52.0 Å². The molecule has 96 valence electrons. The largest absolute Gasteiger partial charge is 0.399 e. The van der Waals surface area contributed by atoms with Gasteiger partial charge in [0.1, 0.15) is 0 Å². The van der Waals surface area contributed by atoms with E-state index in [2.05, 4.69) is 21.0 Å². The van der Waals surface area contributed by atoms with Gasteiger partial charge in [-0.3, -0.25) is 0 Å². The molecule has 0 atom stereocenters. The number of nitrogens with two attached hydrogens (primary N) is 2. The Hall–Kier alpha value is -1.22. The molecule has 0 unspecified atom stereocenters. The van der Waals surface area contributed by atoms with Crippen LogP contribution in [0.2, 0.25) is 0 Å². The van der Waals surface area contributed by atoms with Crippen molar-refractivity contribution in [3.8, 4) is 0 Å². The number of rotatable bonds is 6. The Morgan fingerprint density at radius 3 is 2.47 bits per heavy atom. The molecule has 0 aliphatic heterocycles. The van der Waals surface area contributed by atoms with Gasteiger partial charge in [0.25, 0.3) is 0 Å². The van der Waals surface area contributed by atoms with E-state index in [1.165, 1.54) is 25.1 Å². The SMILES string of the molecule is CCC[N+](C)(C)CCCc1cc(N)ccc1N. The quantitative estimate of drug-likeness (QED) is 0.588. The van der Waals surface area contributed by atoms with Gasteiger partial charge in [0.05, 0.1) is 27.2 Å². The predicted octanol–water partition coefficient (Wildman–Crippen LogP) is 2.27. The molecule has 0 bridgehead atoms. The highest BCUT2D eigenvalue weighted by Crippen LogP contribution is 2.17. The average molecular weight is 236 g/mol. The zero-order chi connectivity index (χ0) is 12.9. The molecule has 4 N–H and O–H groups in total. The number of nitrogens with zero attached hydrogens (tertiary/aromatic N) is 1. The third-order valence-corrected chi connectivity index (χ3v) is 3.21. The van der Waals surface area contributed by atoms with Crippen LogP contribution in [-0.2, 0) is 6.42 Å². The summed E-state index contributed by atoms with van der Waals surface area (Å²) in [6.45, 7) is 4.64. The number of hydrogen-bond acceptors (Lipinski definition) is 2. The second-order valence-corrected chi connectivity index (χ2v) is 5.44. The summed E-state index contributed by atoms with van der Waals surface area (Å²) < 4.78 is 1.08. The summed E-state index contributed by atoms with van der Waals surface area (Å²) in [5.74, 6) is 0. The van der Waals surface area contributed by atoms with Crippen LogP contribution in [0.15, 0.2) is 18.2 Å². The standard InChI is InChI=1S/C14H26N3/c1-4-9-17(2,3)10-5-6-12-11-13(15)7-8-14(12)16/h7-8,11H,4-6,9-10,15-16H2,1-3H3/q+1. The zero-order valence-corrected chi connectivity index (χ0v) is 11.4. The molecule has 0 saturated carbocycles. The maximum Gasteiger partial charge on any atom is 0.0785 e. The van der Waals surface area contributed by atoms with Crippen molar-refractivity contribution in [3.05, 3.63) is 23.8 Å². The van der Waals surface area contributed by atoms with Gasteiger partial charge < -0.3 is 16.0 Å². The number of aryl methyl sites for hydroxylation is 1. The number of anilines is 2. The first kappa shape index (κ1) is 13.8. The van der Waals surface area contributed by atoms with Crippen molar-refractivity contribution < 1.29 is 4.48 Å². The Labute approximate surface area is 105 Å². The van der Waals surface area contributed by atoms with Crippen LogP contribution in [0, 0.1) is 0 Å². The van der Waals surface area contributed by atoms with E-state index in [1.807, 2.05) is 18.2 Å². The van der Waals surface area contributed by atoms with E-state index in [-0.39, 0.29) is 0 Å². The summed E-state index contributed by atoms with van der Waals surface area (Å²) in [5.41, 5.74) is 14.6. The Bertz CT molecular complexity index is 358. The van der Waals surface area contributed by atoms with Gasteiger partial charge in [0, 0.05) is 17.8 Å². The van der Waals surface area contributed by atoms with Crippen molar-refractivity contribution in [3.63, 3.8) is 0 Å². The highest BCUT2D eigenvalue weighted by molar-refractivity contribution is 5.55. The molecule has 0 spiro atoms. The Kier molecular flexibility index (Phi) is 4.82. The van der Waals surface area contributed by atoms with Gasteiger partial charge in [-0.2, -0.15) is 0 Å². The van der Waals surface area contributed by atoms with Gasteiger partial charge in [-0.15, -0.1) is 0 Å². The predicted molar refractivity (Wildman–Crippen MR) is 75.7 cm³/mol. The summed E-state index contributed by atoms with van der Waals surface area (Å²) >= 11 is 0. The first-order valence-electron chi connectivity index (χ1n) is 6.40. The maximum absolute atomic E-state index is 5.94. The van der Waals surface area contributed by atoms with Crippen LogP contribution in [0.4, 0.5) is 11.4 Å². The highest BCUT2D eigenvalue weighted by Gasteiger charge is 2.13. The van der Waals surface area contributed by atoms with E-state index in [0.717, 1.165) is 28.7 Å². The molecule has 0 aliphatic carbocycles. The van der Waals surface area contributed by atoms with E-state index >= 15 is 0 Å². The molecule has 3 nitrogen and oxygen atoms in total. The highest BCUT2D eigenvalue weighted by atomic mass is 15.3. The Balaban J connectivity index is 2.48. The van der Waals surface area contributed by atoms with Gasteiger partial charge >= 0.3 is 0 Å². The molecule has 1 aromatic carbocycles. The molecule has 17 heavy (non-hydrogen) atoms. The van der Waals surface area contributed by atoms with Crippen molar-refractivity contribution >= 4 is 11.4 Å². The van der Waals surface area contributed by atoms with Gasteiger partial charge in [-0.1, -0.05) is 6.92 Å². The lowest BCUT2D eigenvalue weighted by molar-refractivity contribution is -0.890. The average Bonchev–Trinajstić information content (AvgIpc) is 2.23. The lowest BCUT2D eigenvalue weighted by Crippen LogP contribution is -2.41. The Morgan fingerprint density at radius 2 is 1.82 bits per heavy atom. The number of quaternary nitrogens is 1. The molecule has 0 radical (unpaired) electrons. The fraction of sp³-hybridized carbons (Fsp3) is 0.571. The van der Waals surface area contributed by atoms with E-state index in [4.69, 9.17) is 11.5 Å². The molecule has 0 fully saturated rings. The number of hydrogen-bond donors (Lipinski definition) is 2. The van der Waals surface area contributed by atoms with Crippen LogP contribution < -0.4 is 11.5 Å². The second kappa shape index (κ2) is 5.92. The smallest absolute Gasteiger partial charge is 0.0785 e. The molecule has 0 amide bonds. The first-order chi connectivity index (χ1) is 7.94. The fourth-order valence-electron chi connectivity index (χ4n) is 2.26. The molecule has 3 heteroatoms. The van der Waals surface area contributed by atoms with E-state index in [1.54, 1.807) is 0 Å². The Morgan fingerprint density at radius 1 is 1.12 bits per heavy atom. The van der Waals surface area contributed by atoms with Crippen LogP contribution in [-0.4, -0.2) is 31.7 Å². The first-order valence-corrected chi connectivity index (χ1v) is 6.40. The van der Waals surface area contributed by atoms with Crippen molar-refractivity contribution in [1.29, 1.82) is 0 Å². The van der Waals surface area contributed by atoms with Gasteiger partial charge in [-0.05, 0) is 36.6 Å². The maximum atomic E-state index is 5.94. The summed E-state index contributed by atoms with van der Waals surface area (Å²) in [7, 11) is 4.57. The van der Waals surface area contributed by atoms with Crippen molar-refractivity contribution in [1.82, 2.24) is 0 Å². The molecular weight excluding hydrogens is 210 g/mol. The minimum atomic E-state index is 0.802. The molecule has 1 aromatic rings. The summed E-state index contributed by atoms with van der Waals surface area (Å²) in [6, 6.07) is 5.75. The van der Waals surface area contributed by atoms with E-state index in [9.17, 15) is 0 Å². The van der Waals surface area contributed by atoms with Gasteiger partial charge in [0.15, 0.2) is 0 Å². The molecule has 0 aromatic heterocycles. The minimum Gasteiger partial charge on any atom is -0.399 e. The van der Waals surface area contributed by atoms with Gasteiger partial charge in [0.2, 0.25) is 0 Å². The van der Waals surface area contributed by atoms with E-state index in [0.29, 0.717) is 0 Å². The minimum absolute atomic E-state index is 0.802. The van der Waals surface area contributed by atoms with Crippen molar-refractivity contribution in [2.24, 2.45) is 0 Å².